The second kappa shape index (κ2) is 9.72. The largest absolute Gasteiger partial charge is 0.393 e. The summed E-state index contributed by atoms with van der Waals surface area (Å²) in [5.41, 5.74) is 1.52. The van der Waals surface area contributed by atoms with Crippen LogP contribution in [0.25, 0.3) is 10.9 Å². The van der Waals surface area contributed by atoms with Crippen molar-refractivity contribution in [1.82, 2.24) is 15.2 Å². The molecule has 0 aliphatic carbocycles. The van der Waals surface area contributed by atoms with Gasteiger partial charge in [-0.2, -0.15) is 0 Å². The van der Waals surface area contributed by atoms with Crippen LogP contribution < -0.4 is 5.32 Å². The van der Waals surface area contributed by atoms with Gasteiger partial charge in [-0.05, 0) is 54.8 Å². The van der Waals surface area contributed by atoms with Gasteiger partial charge in [-0.1, -0.05) is 23.7 Å². The molecule has 33 heavy (non-hydrogen) atoms. The molecule has 1 aliphatic heterocycles. The Morgan fingerprint density at radius 2 is 1.82 bits per heavy atom. The Morgan fingerprint density at radius 3 is 2.52 bits per heavy atom. The minimum atomic E-state index is -1.14. The average Bonchev–Trinajstić information content (AvgIpc) is 3.23. The predicted molar refractivity (Wildman–Crippen MR) is 121 cm³/mol. The number of nitrogens with one attached hydrogen (secondary N) is 2. The normalized spacial score (nSPS) is 15.4. The summed E-state index contributed by atoms with van der Waals surface area (Å²) in [6, 6.07) is 11.1. The number of rotatable bonds is 6. The van der Waals surface area contributed by atoms with E-state index in [1.54, 1.807) is 24.3 Å². The van der Waals surface area contributed by atoms with Gasteiger partial charge >= 0.3 is 0 Å². The van der Waals surface area contributed by atoms with E-state index >= 15 is 0 Å². The molecule has 0 saturated carbocycles. The molecule has 4 rings (SSSR count). The van der Waals surface area contributed by atoms with Crippen LogP contribution in [-0.2, 0) is 16.0 Å². The molecule has 1 saturated heterocycles. The molecule has 1 aliphatic rings. The Balaban J connectivity index is 1.55. The van der Waals surface area contributed by atoms with Gasteiger partial charge in [0.05, 0.1) is 6.10 Å². The van der Waals surface area contributed by atoms with Crippen LogP contribution in [0.1, 0.15) is 28.9 Å². The SMILES string of the molecule is O=C(N[C@@H](Cc1ccc(F)cc1)C(=O)C(=O)N1CCC(O)CC1)c1cc2cc(Cl)ccc2[nH]1. The summed E-state index contributed by atoms with van der Waals surface area (Å²) in [6.07, 6.45) is 0.325. The Labute approximate surface area is 194 Å². The second-order valence-corrected chi connectivity index (χ2v) is 8.60. The fourth-order valence-electron chi connectivity index (χ4n) is 3.90. The van der Waals surface area contributed by atoms with Crippen LogP contribution >= 0.6 is 11.6 Å². The van der Waals surface area contributed by atoms with Gasteiger partial charge in [-0.25, -0.2) is 4.39 Å². The number of H-pyrrole nitrogens is 1. The zero-order valence-electron chi connectivity index (χ0n) is 17.7. The number of benzene rings is 2. The maximum atomic E-state index is 13.3. The summed E-state index contributed by atoms with van der Waals surface area (Å²) < 4.78 is 13.3. The van der Waals surface area contributed by atoms with Crippen molar-refractivity contribution in [3.63, 3.8) is 0 Å². The third-order valence-electron chi connectivity index (χ3n) is 5.76. The van der Waals surface area contributed by atoms with E-state index in [-0.39, 0.29) is 25.2 Å². The van der Waals surface area contributed by atoms with Gasteiger partial charge in [0.2, 0.25) is 5.78 Å². The highest BCUT2D eigenvalue weighted by Gasteiger charge is 2.33. The number of piperidine rings is 1. The number of nitrogens with zero attached hydrogens (tertiary/aromatic N) is 1. The van der Waals surface area contributed by atoms with E-state index in [1.807, 2.05) is 0 Å². The van der Waals surface area contributed by atoms with E-state index in [0.717, 1.165) is 5.39 Å². The summed E-state index contributed by atoms with van der Waals surface area (Å²) in [5, 5.41) is 13.6. The smallest absolute Gasteiger partial charge is 0.292 e. The van der Waals surface area contributed by atoms with Gasteiger partial charge in [-0.15, -0.1) is 0 Å². The lowest BCUT2D eigenvalue weighted by atomic mass is 10.00. The molecule has 172 valence electrons. The van der Waals surface area contributed by atoms with E-state index in [0.29, 0.717) is 28.9 Å². The number of aliphatic hydroxyl groups is 1. The highest BCUT2D eigenvalue weighted by atomic mass is 35.5. The molecule has 7 nitrogen and oxygen atoms in total. The Hall–Kier alpha value is -3.23. The molecular weight excluding hydrogens is 449 g/mol. The van der Waals surface area contributed by atoms with Crippen molar-refractivity contribution in [2.75, 3.05) is 13.1 Å². The molecule has 0 spiro atoms. The minimum absolute atomic E-state index is 0.0269. The molecule has 2 amide bonds. The van der Waals surface area contributed by atoms with Gasteiger partial charge in [0.1, 0.15) is 17.6 Å². The van der Waals surface area contributed by atoms with Gasteiger partial charge in [0.25, 0.3) is 11.8 Å². The lowest BCUT2D eigenvalue weighted by Crippen LogP contribution is -2.51. The number of Topliss-reactive ketones (excluding diaryl/α,β-unsaturated/α-hetero) is 1. The van der Waals surface area contributed by atoms with Crippen molar-refractivity contribution in [2.45, 2.75) is 31.4 Å². The summed E-state index contributed by atoms with van der Waals surface area (Å²) in [5.74, 6) is -2.45. The lowest BCUT2D eigenvalue weighted by molar-refractivity contribution is -0.146. The molecular formula is C24H23ClFN3O4. The van der Waals surface area contributed by atoms with E-state index in [4.69, 9.17) is 11.6 Å². The molecule has 3 aromatic rings. The van der Waals surface area contributed by atoms with Crippen molar-refractivity contribution >= 4 is 40.1 Å². The number of amides is 2. The van der Waals surface area contributed by atoms with E-state index in [1.165, 1.54) is 29.2 Å². The molecule has 9 heteroatoms. The lowest BCUT2D eigenvalue weighted by Gasteiger charge is -2.30. The standard InChI is InChI=1S/C24H23ClFN3O4/c25-16-3-6-19-15(12-16)13-21(27-19)23(32)28-20(11-14-1-4-17(26)5-2-14)22(31)24(33)29-9-7-18(30)8-10-29/h1-6,12-13,18,20,27,30H,7-11H2,(H,28,32)/t20-/m0/s1. The minimum Gasteiger partial charge on any atom is -0.393 e. The zero-order chi connectivity index (χ0) is 23.5. The number of likely N-dealkylation sites (tertiary alicyclic amines) is 1. The maximum Gasteiger partial charge on any atom is 0.292 e. The average molecular weight is 472 g/mol. The summed E-state index contributed by atoms with van der Waals surface area (Å²) in [4.78, 5) is 43.3. The fraction of sp³-hybridized carbons (Fsp3) is 0.292. The van der Waals surface area contributed by atoms with Crippen LogP contribution in [0.3, 0.4) is 0 Å². The zero-order valence-corrected chi connectivity index (χ0v) is 18.4. The van der Waals surface area contributed by atoms with Gasteiger partial charge in [0.15, 0.2) is 0 Å². The van der Waals surface area contributed by atoms with Crippen LogP contribution in [-0.4, -0.2) is 57.8 Å². The van der Waals surface area contributed by atoms with Gasteiger partial charge in [-0.3, -0.25) is 14.4 Å². The number of aliphatic hydroxyl groups excluding tert-OH is 1. The van der Waals surface area contributed by atoms with Crippen molar-refractivity contribution in [2.24, 2.45) is 0 Å². The summed E-state index contributed by atoms with van der Waals surface area (Å²) >= 11 is 6.01. The van der Waals surface area contributed by atoms with Crippen molar-refractivity contribution in [3.05, 3.63) is 70.6 Å². The Morgan fingerprint density at radius 1 is 1.12 bits per heavy atom. The van der Waals surface area contributed by atoms with E-state index in [9.17, 15) is 23.9 Å². The number of fused-ring (bicyclic) bond motifs is 1. The second-order valence-electron chi connectivity index (χ2n) is 8.16. The number of ketones is 1. The Kier molecular flexibility index (Phi) is 6.76. The number of hydrogen-bond donors (Lipinski definition) is 3. The molecule has 1 fully saturated rings. The molecule has 1 atom stereocenters. The number of aromatic amines is 1. The van der Waals surface area contributed by atoms with Crippen LogP contribution in [0.4, 0.5) is 4.39 Å². The molecule has 2 heterocycles. The number of halogens is 2. The summed E-state index contributed by atoms with van der Waals surface area (Å²) in [6.45, 7) is 0.539. The first-order valence-corrected chi connectivity index (χ1v) is 11.0. The first-order chi connectivity index (χ1) is 15.8. The molecule has 0 unspecified atom stereocenters. The molecule has 3 N–H and O–H groups in total. The monoisotopic (exact) mass is 471 g/mol. The molecule has 1 aromatic heterocycles. The van der Waals surface area contributed by atoms with Crippen LogP contribution in [0, 0.1) is 5.82 Å². The third kappa shape index (κ3) is 5.40. The molecule has 2 aromatic carbocycles. The van der Waals surface area contributed by atoms with Gasteiger partial charge in [0, 0.05) is 35.4 Å². The van der Waals surface area contributed by atoms with Crippen LogP contribution in [0.5, 0.6) is 0 Å². The number of carbonyl (C=O) groups excluding carboxylic acids is 3. The van der Waals surface area contributed by atoms with Gasteiger partial charge < -0.3 is 20.3 Å². The van der Waals surface area contributed by atoms with E-state index < -0.39 is 35.6 Å². The fourth-order valence-corrected chi connectivity index (χ4v) is 4.08. The number of aromatic nitrogens is 1. The van der Waals surface area contributed by atoms with E-state index in [2.05, 4.69) is 10.3 Å². The highest BCUT2D eigenvalue weighted by Crippen LogP contribution is 2.20. The quantitative estimate of drug-likeness (QED) is 0.481. The maximum absolute atomic E-state index is 13.3. The predicted octanol–water partition coefficient (Wildman–Crippen LogP) is 2.85. The summed E-state index contributed by atoms with van der Waals surface area (Å²) in [7, 11) is 0. The van der Waals surface area contributed by atoms with Crippen LogP contribution in [0.2, 0.25) is 5.02 Å². The highest BCUT2D eigenvalue weighted by molar-refractivity contribution is 6.38. The first kappa shape index (κ1) is 22.9. The number of hydrogen-bond acceptors (Lipinski definition) is 4. The molecule has 0 radical (unpaired) electrons. The topological polar surface area (TPSA) is 102 Å². The number of carbonyl (C=O) groups is 3. The van der Waals surface area contributed by atoms with Crippen molar-refractivity contribution in [3.8, 4) is 0 Å². The van der Waals surface area contributed by atoms with Crippen molar-refractivity contribution < 1.29 is 23.9 Å². The molecule has 0 bridgehead atoms. The van der Waals surface area contributed by atoms with Crippen LogP contribution in [0.15, 0.2) is 48.5 Å². The third-order valence-corrected chi connectivity index (χ3v) is 6.00. The first-order valence-electron chi connectivity index (χ1n) is 10.6. The van der Waals surface area contributed by atoms with Crippen molar-refractivity contribution in [1.29, 1.82) is 0 Å². The Bertz CT molecular complexity index is 1190.